The highest BCUT2D eigenvalue weighted by molar-refractivity contribution is 9.11. The molecule has 0 unspecified atom stereocenters. The number of sulfonamides is 1. The Kier molecular flexibility index (Phi) is 6.15. The molecule has 1 aliphatic rings. The van der Waals surface area contributed by atoms with Gasteiger partial charge in [-0.05, 0) is 70.5 Å². The van der Waals surface area contributed by atoms with E-state index in [9.17, 15) is 13.2 Å². The number of rotatable bonds is 4. The van der Waals surface area contributed by atoms with Crippen molar-refractivity contribution >= 4 is 47.8 Å². The molecule has 0 radical (unpaired) electrons. The predicted molar refractivity (Wildman–Crippen MR) is 122 cm³/mol. The molecule has 1 fully saturated rings. The van der Waals surface area contributed by atoms with Crippen LogP contribution in [0.3, 0.4) is 0 Å². The third kappa shape index (κ3) is 4.25. The Morgan fingerprint density at radius 2 is 1.50 bits per heavy atom. The maximum atomic E-state index is 13.0. The molecule has 3 aromatic rings. The summed E-state index contributed by atoms with van der Waals surface area (Å²) in [6.45, 7) is 1.22. The molecule has 0 atom stereocenters. The lowest BCUT2D eigenvalue weighted by atomic mass is 10.1. The van der Waals surface area contributed by atoms with Gasteiger partial charge in [-0.3, -0.25) is 4.79 Å². The maximum Gasteiger partial charge on any atom is 0.253 e. The van der Waals surface area contributed by atoms with E-state index >= 15 is 0 Å². The predicted octanol–water partition coefficient (Wildman–Crippen LogP) is 4.15. The number of nitrogens with zero attached hydrogens (tertiary/aromatic N) is 3. The second-order valence-electron chi connectivity index (χ2n) is 6.91. The Hall–Kier alpha value is -1.94. The highest BCUT2D eigenvalue weighted by atomic mass is 79.9. The van der Waals surface area contributed by atoms with Crippen molar-refractivity contribution in [3.05, 3.63) is 81.5 Å². The second kappa shape index (κ2) is 8.66. The van der Waals surface area contributed by atoms with Crippen LogP contribution < -0.4 is 0 Å². The van der Waals surface area contributed by atoms with E-state index in [0.29, 0.717) is 27.6 Å². The van der Waals surface area contributed by atoms with Crippen molar-refractivity contribution < 1.29 is 13.2 Å². The lowest BCUT2D eigenvalue weighted by Gasteiger charge is -2.34. The first-order valence-electron chi connectivity index (χ1n) is 9.34. The van der Waals surface area contributed by atoms with Gasteiger partial charge in [-0.15, -0.1) is 0 Å². The van der Waals surface area contributed by atoms with Gasteiger partial charge in [0.25, 0.3) is 5.91 Å². The Morgan fingerprint density at radius 3 is 2.13 bits per heavy atom. The molecule has 2 aromatic carbocycles. The number of carbonyl (C=O) groups excluding carboxylic acids is 1. The zero-order chi connectivity index (χ0) is 21.3. The van der Waals surface area contributed by atoms with Gasteiger partial charge in [-0.25, -0.2) is 8.42 Å². The number of piperazine rings is 1. The van der Waals surface area contributed by atoms with Crippen molar-refractivity contribution in [2.45, 2.75) is 4.90 Å². The number of benzene rings is 2. The average molecular weight is 553 g/mol. The van der Waals surface area contributed by atoms with Crippen LogP contribution >= 0.6 is 31.9 Å². The molecule has 2 heterocycles. The van der Waals surface area contributed by atoms with Gasteiger partial charge in [0.1, 0.15) is 0 Å². The van der Waals surface area contributed by atoms with E-state index in [-0.39, 0.29) is 23.9 Å². The van der Waals surface area contributed by atoms with Crippen molar-refractivity contribution in [1.29, 1.82) is 0 Å². The second-order valence-corrected chi connectivity index (χ2v) is 10.6. The van der Waals surface area contributed by atoms with E-state index < -0.39 is 10.0 Å². The van der Waals surface area contributed by atoms with Crippen LogP contribution in [0.4, 0.5) is 0 Å². The van der Waals surface area contributed by atoms with Crippen LogP contribution in [0, 0.1) is 0 Å². The molecule has 30 heavy (non-hydrogen) atoms. The normalized spacial score (nSPS) is 15.3. The van der Waals surface area contributed by atoms with E-state index in [2.05, 4.69) is 31.9 Å². The minimum atomic E-state index is -3.64. The van der Waals surface area contributed by atoms with Crippen LogP contribution in [-0.4, -0.2) is 54.3 Å². The fraction of sp³-hybridized carbons (Fsp3) is 0.190. The first-order valence-corrected chi connectivity index (χ1v) is 12.4. The fourth-order valence-corrected chi connectivity index (χ4v) is 6.30. The van der Waals surface area contributed by atoms with E-state index in [0.717, 1.165) is 5.69 Å². The molecule has 0 saturated carbocycles. The number of amides is 1. The molecule has 4 rings (SSSR count). The molecular formula is C21H19Br2N3O3S. The first-order chi connectivity index (χ1) is 14.4. The van der Waals surface area contributed by atoms with Crippen molar-refractivity contribution in [3.63, 3.8) is 0 Å². The first kappa shape index (κ1) is 21.3. The molecule has 1 aromatic heterocycles. The summed E-state index contributed by atoms with van der Waals surface area (Å²) in [5.74, 6) is -0.0882. The summed E-state index contributed by atoms with van der Waals surface area (Å²) in [5.41, 5.74) is 1.57. The Labute approximate surface area is 192 Å². The van der Waals surface area contributed by atoms with Crippen LogP contribution in [0.25, 0.3) is 5.69 Å². The Bertz CT molecular complexity index is 1150. The number of halogens is 2. The lowest BCUT2D eigenvalue weighted by molar-refractivity contribution is 0.0698. The van der Waals surface area contributed by atoms with Crippen LogP contribution in [0.15, 0.2) is 80.8 Å². The number of hydrogen-bond acceptors (Lipinski definition) is 3. The Morgan fingerprint density at radius 1 is 0.867 bits per heavy atom. The minimum Gasteiger partial charge on any atom is -0.336 e. The third-order valence-corrected chi connectivity index (χ3v) is 8.44. The quantitative estimate of drug-likeness (QED) is 0.488. The van der Waals surface area contributed by atoms with Gasteiger partial charge in [0.05, 0.1) is 4.90 Å². The maximum absolute atomic E-state index is 13.0. The van der Waals surface area contributed by atoms with Gasteiger partial charge < -0.3 is 9.47 Å². The largest absolute Gasteiger partial charge is 0.336 e. The summed E-state index contributed by atoms with van der Waals surface area (Å²) in [7, 11) is -3.64. The monoisotopic (exact) mass is 551 g/mol. The van der Waals surface area contributed by atoms with E-state index in [1.807, 2.05) is 41.2 Å². The summed E-state index contributed by atoms with van der Waals surface area (Å²) in [6.07, 6.45) is 3.89. The molecule has 156 valence electrons. The summed E-state index contributed by atoms with van der Waals surface area (Å²) >= 11 is 6.65. The smallest absolute Gasteiger partial charge is 0.253 e. The van der Waals surface area contributed by atoms with Gasteiger partial charge in [-0.1, -0.05) is 15.9 Å². The molecule has 9 heteroatoms. The van der Waals surface area contributed by atoms with Gasteiger partial charge >= 0.3 is 0 Å². The van der Waals surface area contributed by atoms with E-state index in [1.165, 1.54) is 4.31 Å². The molecular weight excluding hydrogens is 534 g/mol. The summed E-state index contributed by atoms with van der Waals surface area (Å²) in [6, 6.07) is 16.4. The summed E-state index contributed by atoms with van der Waals surface area (Å²) in [5, 5.41) is 0. The molecule has 0 spiro atoms. The van der Waals surface area contributed by atoms with Crippen molar-refractivity contribution in [3.8, 4) is 5.69 Å². The highest BCUT2D eigenvalue weighted by Crippen LogP contribution is 2.29. The minimum absolute atomic E-state index is 0.0882. The van der Waals surface area contributed by atoms with Gasteiger partial charge in [0, 0.05) is 58.8 Å². The number of aromatic nitrogens is 1. The van der Waals surface area contributed by atoms with Crippen LogP contribution in [0.1, 0.15) is 10.4 Å². The zero-order valence-electron chi connectivity index (χ0n) is 15.9. The van der Waals surface area contributed by atoms with E-state index in [4.69, 9.17) is 0 Å². The van der Waals surface area contributed by atoms with Gasteiger partial charge in [0.15, 0.2) is 0 Å². The zero-order valence-corrected chi connectivity index (χ0v) is 19.9. The summed E-state index contributed by atoms with van der Waals surface area (Å²) in [4.78, 5) is 14.8. The van der Waals surface area contributed by atoms with Crippen LogP contribution in [0.5, 0.6) is 0 Å². The molecule has 6 nitrogen and oxygen atoms in total. The standard InChI is InChI=1S/C21H19Br2N3O3S/c22-17-5-8-19(23)20(15-17)30(28,29)26-13-11-25(12-14-26)21(27)16-3-6-18(7-4-16)24-9-1-2-10-24/h1-10,15H,11-14H2. The Balaban J connectivity index is 1.44. The van der Waals surface area contributed by atoms with Gasteiger partial charge in [-0.2, -0.15) is 4.31 Å². The van der Waals surface area contributed by atoms with Crippen molar-refractivity contribution in [2.75, 3.05) is 26.2 Å². The fourth-order valence-electron chi connectivity index (χ4n) is 3.41. The molecule has 1 aliphatic heterocycles. The topological polar surface area (TPSA) is 62.6 Å². The molecule has 0 bridgehead atoms. The average Bonchev–Trinajstić information content (AvgIpc) is 3.30. The lowest BCUT2D eigenvalue weighted by Crippen LogP contribution is -2.50. The number of hydrogen-bond donors (Lipinski definition) is 0. The molecule has 1 saturated heterocycles. The SMILES string of the molecule is O=C(c1ccc(-n2cccc2)cc1)N1CCN(S(=O)(=O)c2cc(Br)ccc2Br)CC1. The van der Waals surface area contributed by atoms with Crippen LogP contribution in [-0.2, 0) is 10.0 Å². The van der Waals surface area contributed by atoms with Gasteiger partial charge in [0.2, 0.25) is 10.0 Å². The van der Waals surface area contributed by atoms with Crippen molar-refractivity contribution in [2.24, 2.45) is 0 Å². The summed E-state index contributed by atoms with van der Waals surface area (Å²) < 4.78 is 30.7. The highest BCUT2D eigenvalue weighted by Gasteiger charge is 2.31. The number of carbonyl (C=O) groups is 1. The van der Waals surface area contributed by atoms with Crippen LogP contribution in [0.2, 0.25) is 0 Å². The molecule has 1 amide bonds. The molecule has 0 aliphatic carbocycles. The third-order valence-electron chi connectivity index (χ3n) is 5.05. The van der Waals surface area contributed by atoms with Crippen molar-refractivity contribution in [1.82, 2.24) is 13.8 Å². The molecule has 0 N–H and O–H groups in total. The van der Waals surface area contributed by atoms with E-state index in [1.54, 1.807) is 35.2 Å².